The highest BCUT2D eigenvalue weighted by molar-refractivity contribution is 5.99. The first-order valence-electron chi connectivity index (χ1n) is 22.8. The van der Waals surface area contributed by atoms with E-state index in [2.05, 4.69) is 36.9 Å². The van der Waals surface area contributed by atoms with Crippen LogP contribution < -0.4 is 4.90 Å². The van der Waals surface area contributed by atoms with Gasteiger partial charge in [0.05, 0.1) is 42.9 Å². The van der Waals surface area contributed by atoms with E-state index < -0.39 is 54.4 Å². The molecule has 1 aromatic carbocycles. The van der Waals surface area contributed by atoms with E-state index in [-0.39, 0.29) is 90.5 Å². The second-order valence-electron chi connectivity index (χ2n) is 19.1. The molecule has 14 heteroatoms. The standard InChI is InChI=1S/C47H68F2N2O10/c1-10-29-12-11-13-37(61-39-15-14-36(50(5)6)24(3)57-39)23(2)43(53)35-21-32-31-19-30(60-47-46(56-9)45(55-8)44(54-7)25(4)58-47)20-34(31)41-42(40(32)33(35)22-38(52)59-29)51(41)28-17-26(48)16-27(49)18-28/h16-18,21,23-25,29-34,36-37,39-42,44-47H,10-15,19-20,22H2,1-9H3/t23-,24?,25?,29+,30+,31+,32+,33-,34-,36+,37+,39+,40-,41+,42-,44+,45?,46+,47+,51?/m1/s1. The fourth-order valence-corrected chi connectivity index (χ4v) is 12.7. The summed E-state index contributed by atoms with van der Waals surface area (Å²) >= 11 is 0. The summed E-state index contributed by atoms with van der Waals surface area (Å²) in [5, 5.41) is 0. The number of cyclic esters (lactones) is 1. The molecule has 7 aliphatic rings. The zero-order valence-corrected chi connectivity index (χ0v) is 37.4. The Bertz CT molecular complexity index is 1750. The molecule has 3 unspecified atom stereocenters. The molecule has 4 aliphatic heterocycles. The van der Waals surface area contributed by atoms with Gasteiger partial charge in [0.15, 0.2) is 18.4 Å². The number of ether oxygens (including phenoxy) is 8. The molecular formula is C47H68F2N2O10. The average molecular weight is 859 g/mol. The lowest BCUT2D eigenvalue weighted by molar-refractivity contribution is -0.314. The molecule has 4 saturated heterocycles. The summed E-state index contributed by atoms with van der Waals surface area (Å²) in [6, 6.07) is 3.74. The Morgan fingerprint density at radius 2 is 1.52 bits per heavy atom. The van der Waals surface area contributed by atoms with Crippen LogP contribution >= 0.6 is 0 Å². The number of hydrogen-bond acceptors (Lipinski definition) is 12. The summed E-state index contributed by atoms with van der Waals surface area (Å²) in [5.74, 6) is -2.66. The van der Waals surface area contributed by atoms with Crippen molar-refractivity contribution in [1.29, 1.82) is 0 Å². The zero-order valence-electron chi connectivity index (χ0n) is 37.4. The number of carbonyl (C=O) groups is 2. The largest absolute Gasteiger partial charge is 0.462 e. The molecule has 340 valence electrons. The molecule has 0 radical (unpaired) electrons. The van der Waals surface area contributed by atoms with Crippen LogP contribution in [0.1, 0.15) is 85.5 Å². The zero-order chi connectivity index (χ0) is 43.4. The van der Waals surface area contributed by atoms with Crippen molar-refractivity contribution in [3.8, 4) is 0 Å². The summed E-state index contributed by atoms with van der Waals surface area (Å²) in [5.41, 5.74) is 1.11. The molecule has 0 bridgehead atoms. The molecule has 1 aromatic rings. The van der Waals surface area contributed by atoms with Gasteiger partial charge in [-0.25, -0.2) is 8.78 Å². The van der Waals surface area contributed by atoms with Crippen molar-refractivity contribution in [2.45, 2.75) is 165 Å². The average Bonchev–Trinajstić information content (AvgIpc) is 3.63. The molecule has 2 saturated carbocycles. The lowest BCUT2D eigenvalue weighted by atomic mass is 9.66. The second kappa shape index (κ2) is 18.5. The maximum atomic E-state index is 15.1. The predicted octanol–water partition coefficient (Wildman–Crippen LogP) is 6.47. The van der Waals surface area contributed by atoms with Crippen molar-refractivity contribution in [3.05, 3.63) is 41.5 Å². The van der Waals surface area contributed by atoms with Gasteiger partial charge in [0.25, 0.3) is 0 Å². The number of anilines is 1. The maximum Gasteiger partial charge on any atom is 0.306 e. The van der Waals surface area contributed by atoms with Crippen LogP contribution in [-0.2, 0) is 47.5 Å². The van der Waals surface area contributed by atoms with Gasteiger partial charge in [0.1, 0.15) is 36.1 Å². The molecule has 12 nitrogen and oxygen atoms in total. The highest BCUT2D eigenvalue weighted by Gasteiger charge is 2.69. The minimum Gasteiger partial charge on any atom is -0.462 e. The van der Waals surface area contributed by atoms with E-state index in [9.17, 15) is 13.6 Å². The number of rotatable bonds is 10. The van der Waals surface area contributed by atoms with Gasteiger partial charge in [-0.3, -0.25) is 9.59 Å². The highest BCUT2D eigenvalue weighted by atomic mass is 19.1. The molecule has 6 fully saturated rings. The van der Waals surface area contributed by atoms with Gasteiger partial charge in [0.2, 0.25) is 0 Å². The Kier molecular flexibility index (Phi) is 13.7. The van der Waals surface area contributed by atoms with Crippen LogP contribution in [0.25, 0.3) is 0 Å². The number of likely N-dealkylation sites (N-methyl/N-ethyl adjacent to an activating group) is 1. The van der Waals surface area contributed by atoms with Gasteiger partial charge in [-0.05, 0) is 121 Å². The second-order valence-corrected chi connectivity index (χ2v) is 19.1. The number of Topliss-reactive ketones (excluding diaryl/α,β-unsaturated/α-hetero) is 1. The van der Waals surface area contributed by atoms with Crippen LogP contribution in [0.2, 0.25) is 0 Å². The van der Waals surface area contributed by atoms with Gasteiger partial charge in [-0.1, -0.05) is 19.9 Å². The number of benzene rings is 1. The lowest BCUT2D eigenvalue weighted by Crippen LogP contribution is -2.59. The van der Waals surface area contributed by atoms with E-state index in [1.54, 1.807) is 21.3 Å². The number of fused-ring (bicyclic) bond motifs is 8. The monoisotopic (exact) mass is 858 g/mol. The van der Waals surface area contributed by atoms with E-state index >= 15 is 4.79 Å². The molecular weight excluding hydrogens is 791 g/mol. The fourth-order valence-electron chi connectivity index (χ4n) is 12.7. The summed E-state index contributed by atoms with van der Waals surface area (Å²) in [4.78, 5) is 33.4. The number of halogens is 2. The van der Waals surface area contributed by atoms with Crippen LogP contribution in [-0.4, -0.2) is 132 Å². The number of methoxy groups -OCH3 is 3. The van der Waals surface area contributed by atoms with Gasteiger partial charge >= 0.3 is 5.97 Å². The summed E-state index contributed by atoms with van der Waals surface area (Å²) in [6.45, 7) is 8.01. The van der Waals surface area contributed by atoms with Gasteiger partial charge in [-0.2, -0.15) is 0 Å². The fraction of sp³-hybridized carbons (Fsp3) is 0.787. The number of ketones is 1. The lowest BCUT2D eigenvalue weighted by Gasteiger charge is -2.44. The van der Waals surface area contributed by atoms with E-state index in [4.69, 9.17) is 37.9 Å². The quantitative estimate of drug-likeness (QED) is 0.190. The van der Waals surface area contributed by atoms with Crippen molar-refractivity contribution in [2.24, 2.45) is 35.5 Å². The predicted molar refractivity (Wildman–Crippen MR) is 222 cm³/mol. The Morgan fingerprint density at radius 3 is 2.18 bits per heavy atom. The topological polar surface area (TPSA) is 114 Å². The third-order valence-electron chi connectivity index (χ3n) is 15.6. The van der Waals surface area contributed by atoms with Gasteiger partial charge < -0.3 is 47.7 Å². The van der Waals surface area contributed by atoms with E-state index in [1.807, 2.05) is 20.8 Å². The van der Waals surface area contributed by atoms with Crippen molar-refractivity contribution in [3.63, 3.8) is 0 Å². The molecule has 0 amide bonds. The number of esters is 1. The Balaban J connectivity index is 1.12. The third-order valence-corrected chi connectivity index (χ3v) is 15.6. The minimum absolute atomic E-state index is 0.0198. The summed E-state index contributed by atoms with van der Waals surface area (Å²) < 4.78 is 80.0. The van der Waals surface area contributed by atoms with Crippen LogP contribution in [0.4, 0.5) is 14.5 Å². The molecule has 0 N–H and O–H groups in total. The Hall–Kier alpha value is -2.56. The number of hydrogen-bond donors (Lipinski definition) is 0. The van der Waals surface area contributed by atoms with E-state index in [0.717, 1.165) is 25.3 Å². The first kappa shape index (κ1) is 45.0. The van der Waals surface area contributed by atoms with Gasteiger partial charge in [-0.15, -0.1) is 0 Å². The molecule has 61 heavy (non-hydrogen) atoms. The van der Waals surface area contributed by atoms with Crippen LogP contribution in [0.3, 0.4) is 0 Å². The molecule has 19 atom stereocenters. The number of allylic oxidation sites excluding steroid dienone is 2. The summed E-state index contributed by atoms with van der Waals surface area (Å²) in [6.07, 6.45) is 4.27. The summed E-state index contributed by atoms with van der Waals surface area (Å²) in [7, 11) is 9.00. The van der Waals surface area contributed by atoms with Crippen molar-refractivity contribution in [2.75, 3.05) is 40.3 Å². The van der Waals surface area contributed by atoms with Crippen LogP contribution in [0, 0.1) is 47.1 Å². The molecule has 4 heterocycles. The first-order chi connectivity index (χ1) is 29.3. The highest BCUT2D eigenvalue weighted by Crippen LogP contribution is 2.65. The molecule has 8 rings (SSSR count). The van der Waals surface area contributed by atoms with Crippen LogP contribution in [0.15, 0.2) is 29.8 Å². The Morgan fingerprint density at radius 1 is 0.820 bits per heavy atom. The van der Waals surface area contributed by atoms with Crippen molar-refractivity contribution >= 4 is 17.4 Å². The normalized spacial score (nSPS) is 44.0. The number of carbonyl (C=O) groups excluding carboxylic acids is 2. The third kappa shape index (κ3) is 8.70. The van der Waals surface area contributed by atoms with E-state index in [0.29, 0.717) is 43.4 Å². The maximum absolute atomic E-state index is 15.1. The van der Waals surface area contributed by atoms with Crippen LogP contribution in [0.5, 0.6) is 0 Å². The van der Waals surface area contributed by atoms with Gasteiger partial charge in [0, 0.05) is 51.0 Å². The smallest absolute Gasteiger partial charge is 0.306 e. The molecule has 0 spiro atoms. The molecule has 3 aliphatic carbocycles. The van der Waals surface area contributed by atoms with E-state index in [1.165, 1.54) is 12.1 Å². The SMILES string of the molecule is CC[C@H]1CCC[C@H](O[C@H]2CC[C@H](N(C)C)C(C)O2)[C@@H](C)C(=O)C2=C[C@H]3[C@@H]4C[C@H](O[C@@H]5OC(C)[C@H](OC)C(OC)[C@@H]5OC)C[C@H]4[C@H]4[C@@H]([C@H]3[C@@H]2CC(=O)O1)N4c1cc(F)cc(F)c1. The number of nitrogens with zero attached hydrogens (tertiary/aromatic N) is 2. The minimum atomic E-state index is -0.719. The van der Waals surface area contributed by atoms with Crippen molar-refractivity contribution in [1.82, 2.24) is 4.90 Å². The molecule has 0 aromatic heterocycles. The van der Waals surface area contributed by atoms with Crippen molar-refractivity contribution < 1.29 is 56.3 Å². The Labute approximate surface area is 360 Å². The first-order valence-corrected chi connectivity index (χ1v) is 22.8.